The number of hydrogen-bond acceptors (Lipinski definition) is 3. The number of allylic oxidation sites excluding steroid dienone is 2. The highest BCUT2D eigenvalue weighted by Crippen LogP contribution is 2.34. The highest BCUT2D eigenvalue weighted by molar-refractivity contribution is 7.90. The summed E-state index contributed by atoms with van der Waals surface area (Å²) in [6.45, 7) is 4.19. The number of para-hydroxylation sites is 1. The molecule has 2 atom stereocenters. The van der Waals surface area contributed by atoms with E-state index >= 15 is 0 Å². The molecule has 0 saturated heterocycles. The fourth-order valence-corrected chi connectivity index (χ4v) is 5.50. The molecule has 4 nitrogen and oxygen atoms in total. The van der Waals surface area contributed by atoms with Gasteiger partial charge in [0.05, 0.1) is 10.4 Å². The van der Waals surface area contributed by atoms with Crippen molar-refractivity contribution in [3.05, 3.63) is 78.0 Å². The highest BCUT2D eigenvalue weighted by Gasteiger charge is 2.31. The average molecular weight is 394 g/mol. The van der Waals surface area contributed by atoms with Crippen LogP contribution in [0.2, 0.25) is 0 Å². The lowest BCUT2D eigenvalue weighted by molar-refractivity contribution is 0.0876. The first-order chi connectivity index (χ1) is 13.4. The van der Waals surface area contributed by atoms with Gasteiger partial charge in [-0.1, -0.05) is 55.0 Å². The van der Waals surface area contributed by atoms with Gasteiger partial charge < -0.3 is 0 Å². The molecule has 0 unspecified atom stereocenters. The van der Waals surface area contributed by atoms with E-state index in [1.807, 2.05) is 12.1 Å². The summed E-state index contributed by atoms with van der Waals surface area (Å²) in [5, 5.41) is 0.686. The lowest BCUT2D eigenvalue weighted by Gasteiger charge is -2.26. The van der Waals surface area contributed by atoms with E-state index in [0.717, 1.165) is 6.42 Å². The number of hydrogen-bond donors (Lipinski definition) is 0. The van der Waals surface area contributed by atoms with Gasteiger partial charge in [-0.3, -0.25) is 4.79 Å². The maximum absolute atomic E-state index is 13.4. The van der Waals surface area contributed by atoms with Gasteiger partial charge in [0, 0.05) is 23.1 Å². The molecule has 5 heteroatoms. The average Bonchev–Trinajstić information content (AvgIpc) is 3.09. The van der Waals surface area contributed by atoms with Gasteiger partial charge in [-0.2, -0.15) is 0 Å². The number of carbonyl (C=O) groups is 1. The lowest BCUT2D eigenvalue weighted by Crippen LogP contribution is -2.24. The molecule has 0 radical (unpaired) electrons. The van der Waals surface area contributed by atoms with Crippen LogP contribution in [0.5, 0.6) is 0 Å². The van der Waals surface area contributed by atoms with Gasteiger partial charge in [0.2, 0.25) is 0 Å². The van der Waals surface area contributed by atoms with E-state index in [-0.39, 0.29) is 22.5 Å². The largest absolute Gasteiger partial charge is 0.294 e. The van der Waals surface area contributed by atoms with E-state index in [1.54, 1.807) is 42.5 Å². The summed E-state index contributed by atoms with van der Waals surface area (Å²) in [6, 6.07) is 15.5. The van der Waals surface area contributed by atoms with Crippen LogP contribution >= 0.6 is 0 Å². The first-order valence-corrected chi connectivity index (χ1v) is 10.9. The van der Waals surface area contributed by atoms with Gasteiger partial charge in [-0.25, -0.2) is 12.4 Å². The van der Waals surface area contributed by atoms with Crippen molar-refractivity contribution in [2.24, 2.45) is 11.8 Å². The Bertz CT molecular complexity index is 1170. The standard InChI is InChI=1S/C23H23NO3S/c1-16-12-13-19(17(2)14-16)23(25)21-15-24(22-11-7-6-10-20(21)22)28(26,27)18-8-4-3-5-9-18/h3-12,15,17,19H,13-14H2,1-2H3/t17-,19-/m1/s1. The molecule has 1 aliphatic rings. The smallest absolute Gasteiger partial charge is 0.268 e. The lowest BCUT2D eigenvalue weighted by atomic mass is 9.77. The minimum Gasteiger partial charge on any atom is -0.294 e. The third-order valence-corrected chi connectivity index (χ3v) is 7.32. The van der Waals surface area contributed by atoms with E-state index in [2.05, 4.69) is 19.9 Å². The summed E-state index contributed by atoms with van der Waals surface area (Å²) in [4.78, 5) is 13.6. The summed E-state index contributed by atoms with van der Waals surface area (Å²) < 4.78 is 27.7. The number of benzene rings is 2. The Morgan fingerprint density at radius 1 is 1.04 bits per heavy atom. The SMILES string of the molecule is CC1=CC[C@@H](C(=O)c2cn(S(=O)(=O)c3ccccc3)c3ccccc23)[C@H](C)C1. The van der Waals surface area contributed by atoms with Crippen molar-refractivity contribution >= 4 is 26.7 Å². The predicted octanol–water partition coefficient (Wildman–Crippen LogP) is 5.05. The Kier molecular flexibility index (Phi) is 4.71. The minimum absolute atomic E-state index is 0.0226. The maximum atomic E-state index is 13.4. The molecule has 0 saturated carbocycles. The summed E-state index contributed by atoms with van der Waals surface area (Å²) >= 11 is 0. The van der Waals surface area contributed by atoms with Crippen LogP contribution in [0.1, 0.15) is 37.0 Å². The van der Waals surface area contributed by atoms with Crippen LogP contribution < -0.4 is 0 Å². The molecule has 0 N–H and O–H groups in total. The van der Waals surface area contributed by atoms with E-state index in [9.17, 15) is 13.2 Å². The van der Waals surface area contributed by atoms with E-state index in [1.165, 1.54) is 15.7 Å². The third-order valence-electron chi connectivity index (χ3n) is 5.63. The molecule has 0 amide bonds. The summed E-state index contributed by atoms with van der Waals surface area (Å²) in [7, 11) is -3.78. The number of rotatable bonds is 4. The Morgan fingerprint density at radius 3 is 2.43 bits per heavy atom. The minimum atomic E-state index is -3.78. The second-order valence-electron chi connectivity index (χ2n) is 7.61. The molecule has 0 aliphatic heterocycles. The van der Waals surface area contributed by atoms with Crippen molar-refractivity contribution in [3.63, 3.8) is 0 Å². The van der Waals surface area contributed by atoms with Crippen molar-refractivity contribution in [1.82, 2.24) is 3.97 Å². The first kappa shape index (κ1) is 18.7. The second kappa shape index (κ2) is 7.06. The van der Waals surface area contributed by atoms with Crippen molar-refractivity contribution in [2.45, 2.75) is 31.6 Å². The second-order valence-corrected chi connectivity index (χ2v) is 9.43. The van der Waals surface area contributed by atoms with Crippen molar-refractivity contribution in [3.8, 4) is 0 Å². The molecule has 4 rings (SSSR count). The number of carbonyl (C=O) groups excluding carboxylic acids is 1. The van der Waals surface area contributed by atoms with Crippen molar-refractivity contribution in [2.75, 3.05) is 0 Å². The van der Waals surface area contributed by atoms with Gasteiger partial charge in [0.15, 0.2) is 5.78 Å². The van der Waals surface area contributed by atoms with Crippen LogP contribution in [0.15, 0.2) is 77.3 Å². The fourth-order valence-electron chi connectivity index (χ4n) is 4.11. The van der Waals surface area contributed by atoms with Crippen LogP contribution in [0, 0.1) is 11.8 Å². The monoisotopic (exact) mass is 393 g/mol. The Morgan fingerprint density at radius 2 is 1.71 bits per heavy atom. The van der Waals surface area contributed by atoms with Gasteiger partial charge in [-0.05, 0) is 43.9 Å². The molecule has 0 fully saturated rings. The molecular weight excluding hydrogens is 370 g/mol. The Balaban J connectivity index is 1.85. The van der Waals surface area contributed by atoms with Crippen LogP contribution in [0.3, 0.4) is 0 Å². The molecule has 0 spiro atoms. The zero-order valence-corrected chi connectivity index (χ0v) is 16.8. The van der Waals surface area contributed by atoms with Crippen molar-refractivity contribution < 1.29 is 13.2 Å². The summed E-state index contributed by atoms with van der Waals surface area (Å²) in [5.41, 5.74) is 2.33. The highest BCUT2D eigenvalue weighted by atomic mass is 32.2. The Labute approximate surface area is 165 Å². The van der Waals surface area contributed by atoms with Crippen LogP contribution in [-0.2, 0) is 10.0 Å². The molecule has 2 aromatic carbocycles. The van der Waals surface area contributed by atoms with E-state index in [0.29, 0.717) is 22.9 Å². The Hall–Kier alpha value is -2.66. The topological polar surface area (TPSA) is 56.1 Å². The van der Waals surface area contributed by atoms with Gasteiger partial charge in [-0.15, -0.1) is 0 Å². The number of Topliss-reactive ketones (excluding diaryl/α,β-unsaturated/α-hetero) is 1. The van der Waals surface area contributed by atoms with E-state index in [4.69, 9.17) is 0 Å². The van der Waals surface area contributed by atoms with Crippen LogP contribution in [0.25, 0.3) is 10.9 Å². The number of nitrogens with zero attached hydrogens (tertiary/aromatic N) is 1. The number of aromatic nitrogens is 1. The zero-order valence-electron chi connectivity index (χ0n) is 16.0. The van der Waals surface area contributed by atoms with Gasteiger partial charge >= 0.3 is 0 Å². The normalized spacial score (nSPS) is 20.1. The molecule has 28 heavy (non-hydrogen) atoms. The van der Waals surface area contributed by atoms with Gasteiger partial charge in [0.25, 0.3) is 10.0 Å². The zero-order chi connectivity index (χ0) is 19.9. The summed E-state index contributed by atoms with van der Waals surface area (Å²) in [6.07, 6.45) is 5.24. The van der Waals surface area contributed by atoms with Gasteiger partial charge in [0.1, 0.15) is 0 Å². The molecule has 0 bridgehead atoms. The number of fused-ring (bicyclic) bond motifs is 1. The third kappa shape index (κ3) is 3.10. The fraction of sp³-hybridized carbons (Fsp3) is 0.261. The van der Waals surface area contributed by atoms with Crippen LogP contribution in [0.4, 0.5) is 0 Å². The quantitative estimate of drug-likeness (QED) is 0.460. The van der Waals surface area contributed by atoms with Crippen LogP contribution in [-0.4, -0.2) is 18.2 Å². The number of ketones is 1. The molecule has 1 aromatic heterocycles. The molecule has 1 heterocycles. The summed E-state index contributed by atoms with van der Waals surface area (Å²) in [5.74, 6) is 0.141. The molecular formula is C23H23NO3S. The molecule has 3 aromatic rings. The maximum Gasteiger partial charge on any atom is 0.268 e. The predicted molar refractivity (Wildman–Crippen MR) is 111 cm³/mol. The molecule has 1 aliphatic carbocycles. The van der Waals surface area contributed by atoms with E-state index < -0.39 is 10.0 Å². The van der Waals surface area contributed by atoms with Crippen molar-refractivity contribution in [1.29, 1.82) is 0 Å². The molecule has 144 valence electrons. The first-order valence-electron chi connectivity index (χ1n) is 9.50.